The van der Waals surface area contributed by atoms with E-state index in [4.69, 9.17) is 11.6 Å². The molecule has 1 aliphatic heterocycles. The summed E-state index contributed by atoms with van der Waals surface area (Å²) in [5, 5.41) is 12.7. The predicted octanol–water partition coefficient (Wildman–Crippen LogP) is 6.02. The molecule has 6 heteroatoms. The number of benzene rings is 3. The van der Waals surface area contributed by atoms with Crippen molar-refractivity contribution >= 4 is 45.6 Å². The van der Waals surface area contributed by atoms with E-state index in [-0.39, 0.29) is 11.3 Å². The third-order valence-corrected chi connectivity index (χ3v) is 6.66. The van der Waals surface area contributed by atoms with Gasteiger partial charge in [0.05, 0.1) is 11.6 Å². The second-order valence-corrected chi connectivity index (χ2v) is 8.84. The molecule has 0 spiro atoms. The number of para-hydroxylation sites is 1. The molecule has 1 unspecified atom stereocenters. The quantitative estimate of drug-likeness (QED) is 0.225. The van der Waals surface area contributed by atoms with E-state index in [1.165, 1.54) is 4.90 Å². The third-order valence-electron chi connectivity index (χ3n) is 6.41. The molecule has 1 aromatic heterocycles. The summed E-state index contributed by atoms with van der Waals surface area (Å²) in [5.41, 5.74) is 3.95. The SMILES string of the molecule is CCc1ccc(N2C(=O)C(=O)/C(=C(/O)c3ccc(Cl)cc3)C2c2cn(C)c3ccccc23)cc1. The summed E-state index contributed by atoms with van der Waals surface area (Å²) >= 11 is 6.02. The molecule has 0 saturated carbocycles. The van der Waals surface area contributed by atoms with Gasteiger partial charge in [0.15, 0.2) is 0 Å². The van der Waals surface area contributed by atoms with Gasteiger partial charge in [0.1, 0.15) is 5.76 Å². The minimum absolute atomic E-state index is 0.0586. The van der Waals surface area contributed by atoms with Gasteiger partial charge >= 0.3 is 0 Å². The van der Waals surface area contributed by atoms with E-state index < -0.39 is 17.7 Å². The van der Waals surface area contributed by atoms with Crippen molar-refractivity contribution in [2.24, 2.45) is 7.05 Å². The van der Waals surface area contributed by atoms with E-state index >= 15 is 0 Å². The number of hydrogen-bond donors (Lipinski definition) is 1. The van der Waals surface area contributed by atoms with Crippen LogP contribution in [0.1, 0.15) is 29.7 Å². The van der Waals surface area contributed by atoms with E-state index in [0.717, 1.165) is 28.5 Å². The average Bonchev–Trinajstić information content (AvgIpc) is 3.32. The molecule has 1 atom stereocenters. The number of hydrogen-bond acceptors (Lipinski definition) is 3. The van der Waals surface area contributed by atoms with E-state index in [1.807, 2.05) is 66.3 Å². The van der Waals surface area contributed by atoms with E-state index in [2.05, 4.69) is 6.92 Å². The molecule has 2 heterocycles. The molecule has 1 saturated heterocycles. The van der Waals surface area contributed by atoms with Crippen molar-refractivity contribution in [3.05, 3.63) is 106 Å². The Hall–Kier alpha value is -3.83. The molecule has 0 radical (unpaired) electrons. The number of amides is 1. The Morgan fingerprint density at radius 2 is 1.65 bits per heavy atom. The number of aliphatic hydroxyl groups excluding tert-OH is 1. The summed E-state index contributed by atoms with van der Waals surface area (Å²) in [5.74, 6) is -1.61. The second kappa shape index (κ2) is 8.50. The van der Waals surface area contributed by atoms with Gasteiger partial charge in [0, 0.05) is 46.0 Å². The van der Waals surface area contributed by atoms with E-state index in [9.17, 15) is 14.7 Å². The molecule has 170 valence electrons. The minimum Gasteiger partial charge on any atom is -0.507 e. The molecule has 1 amide bonds. The molecule has 5 rings (SSSR count). The third kappa shape index (κ3) is 3.49. The van der Waals surface area contributed by atoms with Crippen LogP contribution in [0, 0.1) is 0 Å². The maximum absolute atomic E-state index is 13.4. The summed E-state index contributed by atoms with van der Waals surface area (Å²) < 4.78 is 1.97. The molecular formula is C28H23ClN2O3. The van der Waals surface area contributed by atoms with Gasteiger partial charge in [-0.25, -0.2) is 0 Å². The topological polar surface area (TPSA) is 62.5 Å². The fourth-order valence-electron chi connectivity index (χ4n) is 4.64. The van der Waals surface area contributed by atoms with E-state index in [1.54, 1.807) is 24.3 Å². The lowest BCUT2D eigenvalue weighted by atomic mass is 9.94. The van der Waals surface area contributed by atoms with Crippen molar-refractivity contribution in [2.75, 3.05) is 4.90 Å². The molecule has 0 bridgehead atoms. The van der Waals surface area contributed by atoms with Crippen LogP contribution in [0.5, 0.6) is 0 Å². The summed E-state index contributed by atoms with van der Waals surface area (Å²) in [6, 6.07) is 21.2. The Labute approximate surface area is 202 Å². The van der Waals surface area contributed by atoms with Crippen molar-refractivity contribution in [1.82, 2.24) is 4.57 Å². The number of aliphatic hydroxyl groups is 1. The largest absolute Gasteiger partial charge is 0.507 e. The fourth-order valence-corrected chi connectivity index (χ4v) is 4.77. The Balaban J connectivity index is 1.78. The number of rotatable bonds is 4. The van der Waals surface area contributed by atoms with Crippen LogP contribution < -0.4 is 4.90 Å². The number of nitrogens with zero attached hydrogens (tertiary/aromatic N) is 2. The van der Waals surface area contributed by atoms with Gasteiger partial charge in [-0.2, -0.15) is 0 Å². The van der Waals surface area contributed by atoms with Crippen molar-refractivity contribution in [1.29, 1.82) is 0 Å². The first-order chi connectivity index (χ1) is 16.4. The van der Waals surface area contributed by atoms with Crippen LogP contribution in [-0.2, 0) is 23.1 Å². The first-order valence-corrected chi connectivity index (χ1v) is 11.5. The molecule has 5 nitrogen and oxygen atoms in total. The number of aromatic nitrogens is 1. The molecule has 1 N–H and O–H groups in total. The van der Waals surface area contributed by atoms with Crippen molar-refractivity contribution in [2.45, 2.75) is 19.4 Å². The number of Topliss-reactive ketones (excluding diaryl/α,β-unsaturated/α-hetero) is 1. The normalized spacial score (nSPS) is 17.6. The number of carbonyl (C=O) groups excluding carboxylic acids is 2. The fraction of sp³-hybridized carbons (Fsp3) is 0.143. The van der Waals surface area contributed by atoms with Crippen LogP contribution in [0.3, 0.4) is 0 Å². The highest BCUT2D eigenvalue weighted by atomic mass is 35.5. The molecule has 1 aliphatic rings. The van der Waals surface area contributed by atoms with Gasteiger partial charge in [0.25, 0.3) is 11.7 Å². The lowest BCUT2D eigenvalue weighted by molar-refractivity contribution is -0.132. The Morgan fingerprint density at radius 3 is 2.32 bits per heavy atom. The molecule has 4 aromatic rings. The van der Waals surface area contributed by atoms with Crippen LogP contribution >= 0.6 is 11.6 Å². The van der Waals surface area contributed by atoms with Crippen LogP contribution in [0.2, 0.25) is 5.02 Å². The smallest absolute Gasteiger partial charge is 0.300 e. The standard InChI is InChI=1S/C28H23ClN2O3/c1-3-17-8-14-20(15-9-17)31-25(22-16-30(2)23-7-5-4-6-21(22)23)24(27(33)28(31)34)26(32)18-10-12-19(29)13-11-18/h4-16,25,32H,3H2,1-2H3/b26-24+. The Bertz CT molecular complexity index is 1450. The zero-order chi connectivity index (χ0) is 24.0. The van der Waals surface area contributed by atoms with Gasteiger partial charge in [-0.15, -0.1) is 0 Å². The lowest BCUT2D eigenvalue weighted by Gasteiger charge is -2.25. The zero-order valence-electron chi connectivity index (χ0n) is 18.8. The highest BCUT2D eigenvalue weighted by Crippen LogP contribution is 2.44. The number of halogens is 1. The van der Waals surface area contributed by atoms with Crippen LogP contribution in [0.4, 0.5) is 5.69 Å². The van der Waals surface area contributed by atoms with Crippen LogP contribution in [-0.4, -0.2) is 21.4 Å². The van der Waals surface area contributed by atoms with Crippen LogP contribution in [0.25, 0.3) is 16.7 Å². The summed E-state index contributed by atoms with van der Waals surface area (Å²) in [7, 11) is 1.92. The maximum Gasteiger partial charge on any atom is 0.300 e. The first kappa shape index (κ1) is 22.0. The summed E-state index contributed by atoms with van der Waals surface area (Å²) in [4.78, 5) is 28.3. The number of anilines is 1. The number of carbonyl (C=O) groups is 2. The zero-order valence-corrected chi connectivity index (χ0v) is 19.6. The highest BCUT2D eigenvalue weighted by molar-refractivity contribution is 6.52. The lowest BCUT2D eigenvalue weighted by Crippen LogP contribution is -2.29. The second-order valence-electron chi connectivity index (χ2n) is 8.41. The van der Waals surface area contributed by atoms with Gasteiger partial charge in [-0.3, -0.25) is 14.5 Å². The number of aryl methyl sites for hydroxylation is 2. The van der Waals surface area contributed by atoms with Crippen molar-refractivity contribution in [3.63, 3.8) is 0 Å². The number of fused-ring (bicyclic) bond motifs is 1. The Kier molecular flexibility index (Phi) is 5.50. The van der Waals surface area contributed by atoms with Gasteiger partial charge in [0.2, 0.25) is 0 Å². The highest BCUT2D eigenvalue weighted by Gasteiger charge is 2.47. The predicted molar refractivity (Wildman–Crippen MR) is 135 cm³/mol. The minimum atomic E-state index is -0.783. The van der Waals surface area contributed by atoms with Crippen molar-refractivity contribution < 1.29 is 14.7 Å². The summed E-state index contributed by atoms with van der Waals surface area (Å²) in [6.45, 7) is 2.06. The van der Waals surface area contributed by atoms with Gasteiger partial charge in [-0.05, 0) is 54.4 Å². The van der Waals surface area contributed by atoms with Crippen LogP contribution in [0.15, 0.2) is 84.6 Å². The molecule has 3 aromatic carbocycles. The molecular weight excluding hydrogens is 448 g/mol. The maximum atomic E-state index is 13.4. The molecule has 0 aliphatic carbocycles. The summed E-state index contributed by atoms with van der Waals surface area (Å²) in [6.07, 6.45) is 2.78. The van der Waals surface area contributed by atoms with Gasteiger partial charge < -0.3 is 9.67 Å². The van der Waals surface area contributed by atoms with Crippen molar-refractivity contribution in [3.8, 4) is 0 Å². The Morgan fingerprint density at radius 1 is 0.971 bits per heavy atom. The average molecular weight is 471 g/mol. The van der Waals surface area contributed by atoms with E-state index in [0.29, 0.717) is 16.3 Å². The first-order valence-electron chi connectivity index (χ1n) is 11.1. The number of ketones is 1. The monoisotopic (exact) mass is 470 g/mol. The molecule has 1 fully saturated rings. The van der Waals surface area contributed by atoms with Gasteiger partial charge in [-0.1, -0.05) is 48.9 Å². The molecule has 34 heavy (non-hydrogen) atoms.